The van der Waals surface area contributed by atoms with E-state index >= 15 is 0 Å². The molecule has 90 valence electrons. The van der Waals surface area contributed by atoms with Gasteiger partial charge in [0.25, 0.3) is 0 Å². The lowest BCUT2D eigenvalue weighted by atomic mass is 10.1. The Balaban J connectivity index is 0.000000686. The van der Waals surface area contributed by atoms with E-state index in [1.165, 1.54) is 0 Å². The molecule has 3 nitrogen and oxygen atoms in total. The SMILES string of the molecule is CC.Cc1nccc(C2=CC=CC(N)=CC2)n1. The Labute approximate surface area is 103 Å². The van der Waals surface area contributed by atoms with Gasteiger partial charge < -0.3 is 5.73 Å². The predicted octanol–water partition coefficient (Wildman–Crippen LogP) is 3.00. The van der Waals surface area contributed by atoms with Gasteiger partial charge in [-0.25, -0.2) is 9.97 Å². The summed E-state index contributed by atoms with van der Waals surface area (Å²) < 4.78 is 0. The van der Waals surface area contributed by atoms with Crippen LogP contribution in [0.3, 0.4) is 0 Å². The first-order valence-electron chi connectivity index (χ1n) is 5.88. The Morgan fingerprint density at radius 1 is 1.29 bits per heavy atom. The van der Waals surface area contributed by atoms with E-state index in [-0.39, 0.29) is 0 Å². The molecule has 0 saturated carbocycles. The van der Waals surface area contributed by atoms with Crippen LogP contribution in [-0.4, -0.2) is 9.97 Å². The summed E-state index contributed by atoms with van der Waals surface area (Å²) in [5.74, 6) is 0.790. The number of hydrogen-bond acceptors (Lipinski definition) is 3. The van der Waals surface area contributed by atoms with Crippen molar-refractivity contribution in [1.82, 2.24) is 9.97 Å². The van der Waals surface area contributed by atoms with Gasteiger partial charge in [0.05, 0.1) is 5.69 Å². The standard InChI is InChI=1S/C12H13N3.C2H6/c1-9-14-8-7-12(15-9)10-3-2-4-11(13)6-5-10;1-2/h2-4,6-8H,5,13H2,1H3;1-2H3. The maximum Gasteiger partial charge on any atom is 0.125 e. The minimum absolute atomic E-state index is 0.790. The van der Waals surface area contributed by atoms with E-state index in [1.54, 1.807) is 6.20 Å². The molecule has 1 aliphatic rings. The summed E-state index contributed by atoms with van der Waals surface area (Å²) in [7, 11) is 0. The van der Waals surface area contributed by atoms with E-state index in [1.807, 2.05) is 51.1 Å². The van der Waals surface area contributed by atoms with Crippen LogP contribution < -0.4 is 5.73 Å². The van der Waals surface area contributed by atoms with Gasteiger partial charge in [-0.3, -0.25) is 0 Å². The second-order valence-corrected chi connectivity index (χ2v) is 3.45. The molecule has 1 heterocycles. The number of aromatic nitrogens is 2. The summed E-state index contributed by atoms with van der Waals surface area (Å²) in [6.07, 6.45) is 10.5. The number of aryl methyl sites for hydroxylation is 1. The highest BCUT2D eigenvalue weighted by molar-refractivity contribution is 5.66. The van der Waals surface area contributed by atoms with Crippen LogP contribution in [0.4, 0.5) is 0 Å². The van der Waals surface area contributed by atoms with Gasteiger partial charge in [-0.2, -0.15) is 0 Å². The molecule has 0 aliphatic heterocycles. The molecule has 0 atom stereocenters. The first kappa shape index (κ1) is 13.2. The zero-order chi connectivity index (χ0) is 12.7. The van der Waals surface area contributed by atoms with Gasteiger partial charge in [-0.05, 0) is 31.1 Å². The molecular weight excluding hydrogens is 210 g/mol. The van der Waals surface area contributed by atoms with Crippen molar-refractivity contribution in [2.75, 3.05) is 0 Å². The zero-order valence-corrected chi connectivity index (χ0v) is 10.6. The van der Waals surface area contributed by atoms with Crippen molar-refractivity contribution >= 4 is 5.57 Å². The quantitative estimate of drug-likeness (QED) is 0.805. The topological polar surface area (TPSA) is 51.8 Å². The molecule has 0 unspecified atom stereocenters. The number of hydrogen-bond donors (Lipinski definition) is 1. The molecule has 1 aromatic rings. The smallest absolute Gasteiger partial charge is 0.125 e. The third kappa shape index (κ3) is 3.87. The van der Waals surface area contributed by atoms with E-state index in [2.05, 4.69) is 9.97 Å². The number of nitrogens with zero attached hydrogens (tertiary/aromatic N) is 2. The van der Waals surface area contributed by atoms with Crippen LogP contribution in [0.25, 0.3) is 5.57 Å². The van der Waals surface area contributed by atoms with E-state index < -0.39 is 0 Å². The molecule has 0 spiro atoms. The molecule has 1 aliphatic carbocycles. The highest BCUT2D eigenvalue weighted by Gasteiger charge is 2.03. The van der Waals surface area contributed by atoms with Crippen LogP contribution >= 0.6 is 0 Å². The van der Waals surface area contributed by atoms with Gasteiger partial charge in [0.15, 0.2) is 0 Å². The highest BCUT2D eigenvalue weighted by Crippen LogP contribution is 2.19. The van der Waals surface area contributed by atoms with Crippen molar-refractivity contribution in [2.24, 2.45) is 5.73 Å². The Morgan fingerprint density at radius 3 is 2.76 bits per heavy atom. The van der Waals surface area contributed by atoms with Crippen molar-refractivity contribution in [1.29, 1.82) is 0 Å². The summed E-state index contributed by atoms with van der Waals surface area (Å²) >= 11 is 0. The third-order valence-electron chi connectivity index (χ3n) is 2.25. The Bertz CT molecular complexity index is 454. The third-order valence-corrected chi connectivity index (χ3v) is 2.25. The van der Waals surface area contributed by atoms with Gasteiger partial charge in [-0.1, -0.05) is 32.1 Å². The first-order valence-corrected chi connectivity index (χ1v) is 5.88. The van der Waals surface area contributed by atoms with E-state index in [0.29, 0.717) is 0 Å². The molecule has 0 amide bonds. The molecule has 0 fully saturated rings. The van der Waals surface area contributed by atoms with Crippen LogP contribution in [0.1, 0.15) is 31.8 Å². The van der Waals surface area contributed by atoms with Crippen LogP contribution in [0.5, 0.6) is 0 Å². The van der Waals surface area contributed by atoms with Crippen molar-refractivity contribution in [3.8, 4) is 0 Å². The van der Waals surface area contributed by atoms with Crippen LogP contribution in [0.2, 0.25) is 0 Å². The normalized spacial score (nSPS) is 14.1. The van der Waals surface area contributed by atoms with E-state index in [4.69, 9.17) is 5.73 Å². The van der Waals surface area contributed by atoms with Gasteiger partial charge >= 0.3 is 0 Å². The maximum absolute atomic E-state index is 5.71. The first-order chi connectivity index (χ1) is 8.25. The van der Waals surface area contributed by atoms with Gasteiger partial charge in [0.2, 0.25) is 0 Å². The minimum atomic E-state index is 0.790. The zero-order valence-electron chi connectivity index (χ0n) is 10.6. The number of allylic oxidation sites excluding steroid dienone is 5. The maximum atomic E-state index is 5.71. The van der Waals surface area contributed by atoms with E-state index in [9.17, 15) is 0 Å². The van der Waals surface area contributed by atoms with E-state index in [0.717, 1.165) is 29.2 Å². The van der Waals surface area contributed by atoms with Gasteiger partial charge in [-0.15, -0.1) is 0 Å². The molecule has 17 heavy (non-hydrogen) atoms. The van der Waals surface area contributed by atoms with Crippen LogP contribution in [-0.2, 0) is 0 Å². The molecule has 0 radical (unpaired) electrons. The minimum Gasteiger partial charge on any atom is -0.399 e. The average Bonchev–Trinajstić information content (AvgIpc) is 2.57. The predicted molar refractivity (Wildman–Crippen MR) is 72.1 cm³/mol. The molecule has 2 N–H and O–H groups in total. The fourth-order valence-electron chi connectivity index (χ4n) is 1.46. The molecule has 1 aromatic heterocycles. The summed E-state index contributed by atoms with van der Waals surface area (Å²) in [5, 5.41) is 0. The summed E-state index contributed by atoms with van der Waals surface area (Å²) in [5.41, 5.74) is 8.65. The molecule has 0 bridgehead atoms. The summed E-state index contributed by atoms with van der Waals surface area (Å²) in [6, 6.07) is 1.92. The lowest BCUT2D eigenvalue weighted by Gasteiger charge is -2.03. The molecule has 2 rings (SSSR count). The lowest BCUT2D eigenvalue weighted by Crippen LogP contribution is -1.94. The van der Waals surface area contributed by atoms with Crippen LogP contribution in [0.15, 0.2) is 42.3 Å². The van der Waals surface area contributed by atoms with Gasteiger partial charge in [0, 0.05) is 11.9 Å². The Hall–Kier alpha value is -1.90. The van der Waals surface area contributed by atoms with Gasteiger partial charge in [0.1, 0.15) is 5.82 Å². The average molecular weight is 229 g/mol. The fraction of sp³-hybridized carbons (Fsp3) is 0.286. The summed E-state index contributed by atoms with van der Waals surface area (Å²) in [4.78, 5) is 8.46. The number of rotatable bonds is 1. The Kier molecular flexibility index (Phi) is 5.14. The molecule has 0 aromatic carbocycles. The summed E-state index contributed by atoms with van der Waals surface area (Å²) in [6.45, 7) is 5.89. The highest BCUT2D eigenvalue weighted by atomic mass is 14.9. The fourth-order valence-corrected chi connectivity index (χ4v) is 1.46. The monoisotopic (exact) mass is 229 g/mol. The second kappa shape index (κ2) is 6.63. The Morgan fingerprint density at radius 2 is 2.06 bits per heavy atom. The lowest BCUT2D eigenvalue weighted by molar-refractivity contribution is 1.03. The second-order valence-electron chi connectivity index (χ2n) is 3.45. The molecule has 3 heteroatoms. The largest absolute Gasteiger partial charge is 0.399 e. The van der Waals surface area contributed by atoms with Crippen molar-refractivity contribution in [2.45, 2.75) is 27.2 Å². The van der Waals surface area contributed by atoms with Crippen molar-refractivity contribution in [3.05, 3.63) is 53.8 Å². The van der Waals surface area contributed by atoms with Crippen molar-refractivity contribution < 1.29 is 0 Å². The molecule has 0 saturated heterocycles. The number of nitrogens with two attached hydrogens (primary N) is 1. The van der Waals surface area contributed by atoms with Crippen molar-refractivity contribution in [3.63, 3.8) is 0 Å². The van der Waals surface area contributed by atoms with Crippen LogP contribution in [0, 0.1) is 6.92 Å². The molecular formula is C14H19N3.